The molecule has 3 atom stereocenters. The summed E-state index contributed by atoms with van der Waals surface area (Å²) in [5, 5.41) is 10.4. The first-order valence-electron chi connectivity index (χ1n) is 12.0. The fraction of sp³-hybridized carbons (Fsp3) is 0.680. The highest BCUT2D eigenvalue weighted by Crippen LogP contribution is 2.41. The second kappa shape index (κ2) is 9.74. The number of benzene rings is 1. The van der Waals surface area contributed by atoms with E-state index < -0.39 is 21.4 Å². The third-order valence-corrected chi connectivity index (χ3v) is 9.24. The summed E-state index contributed by atoms with van der Waals surface area (Å²) in [7, 11) is -3.58. The second-order valence-corrected chi connectivity index (χ2v) is 12.1. The van der Waals surface area contributed by atoms with E-state index in [1.807, 2.05) is 45.0 Å². The third-order valence-electron chi connectivity index (χ3n) is 7.02. The van der Waals surface area contributed by atoms with Crippen molar-refractivity contribution in [3.05, 3.63) is 41.2 Å². The lowest BCUT2D eigenvalue weighted by atomic mass is 9.83. The van der Waals surface area contributed by atoms with Gasteiger partial charge in [0.25, 0.3) is 0 Å². The summed E-state index contributed by atoms with van der Waals surface area (Å²) in [5.41, 5.74) is 2.61. The van der Waals surface area contributed by atoms with Crippen molar-refractivity contribution < 1.29 is 23.0 Å². The molecule has 0 saturated carbocycles. The Bertz CT molecular complexity index is 918. The van der Waals surface area contributed by atoms with Crippen LogP contribution in [0.15, 0.2) is 35.6 Å². The highest BCUT2D eigenvalue weighted by molar-refractivity contribution is 7.93. The average molecular weight is 464 g/mol. The normalized spacial score (nSPS) is 27.2. The van der Waals surface area contributed by atoms with Gasteiger partial charge in [-0.2, -0.15) is 0 Å². The van der Waals surface area contributed by atoms with Gasteiger partial charge in [0.1, 0.15) is 6.10 Å². The number of aliphatic hydroxyl groups excluding tert-OH is 1. The summed E-state index contributed by atoms with van der Waals surface area (Å²) >= 11 is 0. The van der Waals surface area contributed by atoms with Gasteiger partial charge in [-0.15, -0.1) is 0 Å². The summed E-state index contributed by atoms with van der Waals surface area (Å²) in [6.45, 7) is 8.01. The van der Waals surface area contributed by atoms with E-state index in [1.165, 1.54) is 0 Å². The topological polar surface area (TPSA) is 76.1 Å². The van der Waals surface area contributed by atoms with Gasteiger partial charge < -0.3 is 14.6 Å². The molecule has 4 rings (SSSR count). The van der Waals surface area contributed by atoms with Crippen LogP contribution in [-0.4, -0.2) is 50.7 Å². The largest absolute Gasteiger partial charge is 0.494 e. The van der Waals surface area contributed by atoms with Crippen LogP contribution in [0.3, 0.4) is 0 Å². The van der Waals surface area contributed by atoms with Crippen LogP contribution in [0.1, 0.15) is 57.9 Å². The molecule has 0 spiro atoms. The van der Waals surface area contributed by atoms with Crippen molar-refractivity contribution >= 4 is 15.7 Å². The number of rotatable bonds is 6. The molecule has 6 nitrogen and oxygen atoms in total. The standard InChI is InChI=1S/C25H37NO5S/c1-17(2)16-26(20-6-4-18(3)5-7-20)32(28,29)21-8-9-24-22(14-21)23(27)15-25(31-24)19-10-12-30-13-11-19/h4-7,17,19,21,23,25,27H,8-16H2,1-3H3. The zero-order valence-corrected chi connectivity index (χ0v) is 20.3. The third kappa shape index (κ3) is 5.00. The van der Waals surface area contributed by atoms with Gasteiger partial charge in [-0.25, -0.2) is 8.42 Å². The van der Waals surface area contributed by atoms with Crippen LogP contribution >= 0.6 is 0 Å². The van der Waals surface area contributed by atoms with Crippen molar-refractivity contribution in [3.63, 3.8) is 0 Å². The van der Waals surface area contributed by atoms with Crippen molar-refractivity contribution in [1.82, 2.24) is 0 Å². The number of aryl methyl sites for hydroxylation is 1. The van der Waals surface area contributed by atoms with Gasteiger partial charge in [0.05, 0.1) is 22.8 Å². The molecule has 1 aromatic carbocycles. The molecule has 178 valence electrons. The van der Waals surface area contributed by atoms with Crippen LogP contribution in [-0.2, 0) is 19.5 Å². The molecule has 2 aliphatic heterocycles. The number of allylic oxidation sites excluding steroid dienone is 1. The van der Waals surface area contributed by atoms with Crippen LogP contribution in [0.2, 0.25) is 0 Å². The van der Waals surface area contributed by atoms with Gasteiger partial charge in [0, 0.05) is 38.5 Å². The zero-order valence-electron chi connectivity index (χ0n) is 19.5. The number of hydrogen-bond donors (Lipinski definition) is 1. The highest BCUT2D eigenvalue weighted by atomic mass is 32.2. The molecule has 1 aromatic rings. The van der Waals surface area contributed by atoms with Gasteiger partial charge in [-0.05, 0) is 56.2 Å². The van der Waals surface area contributed by atoms with Gasteiger partial charge in [0.15, 0.2) is 0 Å². The molecule has 0 radical (unpaired) electrons. The lowest BCUT2D eigenvalue weighted by Crippen LogP contribution is -2.44. The molecule has 0 aromatic heterocycles. The van der Waals surface area contributed by atoms with E-state index in [1.54, 1.807) is 4.31 Å². The molecule has 0 bridgehead atoms. The monoisotopic (exact) mass is 463 g/mol. The smallest absolute Gasteiger partial charge is 0.238 e. The summed E-state index contributed by atoms with van der Waals surface area (Å²) in [6, 6.07) is 7.68. The molecule has 2 heterocycles. The first kappa shape index (κ1) is 23.6. The van der Waals surface area contributed by atoms with Crippen molar-refractivity contribution in [2.45, 2.75) is 76.8 Å². The van der Waals surface area contributed by atoms with Crippen LogP contribution in [0, 0.1) is 18.8 Å². The van der Waals surface area contributed by atoms with E-state index in [9.17, 15) is 13.5 Å². The number of nitrogens with zero attached hydrogens (tertiary/aromatic N) is 1. The van der Waals surface area contributed by atoms with E-state index in [0.29, 0.717) is 43.8 Å². The molecule has 32 heavy (non-hydrogen) atoms. The van der Waals surface area contributed by atoms with Gasteiger partial charge in [-0.1, -0.05) is 31.5 Å². The van der Waals surface area contributed by atoms with Crippen molar-refractivity contribution in [3.8, 4) is 0 Å². The Hall–Kier alpha value is -1.57. The Morgan fingerprint density at radius 3 is 2.47 bits per heavy atom. The predicted octanol–water partition coefficient (Wildman–Crippen LogP) is 4.17. The number of sulfonamides is 1. The quantitative estimate of drug-likeness (QED) is 0.685. The van der Waals surface area contributed by atoms with Crippen LogP contribution in [0.4, 0.5) is 5.69 Å². The molecular formula is C25H37NO5S. The maximum atomic E-state index is 13.8. The van der Waals surface area contributed by atoms with E-state index in [2.05, 4.69) is 0 Å². The molecule has 1 fully saturated rings. The minimum atomic E-state index is -3.58. The summed E-state index contributed by atoms with van der Waals surface area (Å²) < 4.78 is 40.9. The fourth-order valence-electron chi connectivity index (χ4n) is 5.17. The van der Waals surface area contributed by atoms with E-state index in [-0.39, 0.29) is 12.0 Å². The Morgan fingerprint density at radius 1 is 1.12 bits per heavy atom. The summed E-state index contributed by atoms with van der Waals surface area (Å²) in [6.07, 6.45) is 3.28. The van der Waals surface area contributed by atoms with Crippen LogP contribution < -0.4 is 4.31 Å². The molecule has 7 heteroatoms. The number of hydrogen-bond acceptors (Lipinski definition) is 5. The summed E-state index contributed by atoms with van der Waals surface area (Å²) in [4.78, 5) is 0. The zero-order chi connectivity index (χ0) is 22.9. The molecule has 0 amide bonds. The minimum Gasteiger partial charge on any atom is -0.494 e. The molecule has 1 aliphatic carbocycles. The Kier molecular flexibility index (Phi) is 7.18. The van der Waals surface area contributed by atoms with Crippen molar-refractivity contribution in [1.29, 1.82) is 0 Å². The maximum absolute atomic E-state index is 13.8. The Labute approximate surface area is 192 Å². The molecular weight excluding hydrogens is 426 g/mol. The fourth-order valence-corrected chi connectivity index (χ4v) is 7.26. The average Bonchev–Trinajstić information content (AvgIpc) is 2.78. The number of ether oxygens (including phenoxy) is 2. The van der Waals surface area contributed by atoms with Gasteiger partial charge >= 0.3 is 0 Å². The number of anilines is 1. The molecule has 1 N–H and O–H groups in total. The van der Waals surface area contributed by atoms with Crippen molar-refractivity contribution in [2.24, 2.45) is 11.8 Å². The van der Waals surface area contributed by atoms with Crippen LogP contribution in [0.5, 0.6) is 0 Å². The van der Waals surface area contributed by atoms with E-state index in [4.69, 9.17) is 9.47 Å². The van der Waals surface area contributed by atoms with Crippen LogP contribution in [0.25, 0.3) is 0 Å². The second-order valence-electron chi connectivity index (χ2n) is 9.98. The Morgan fingerprint density at radius 2 is 1.81 bits per heavy atom. The lowest BCUT2D eigenvalue weighted by Gasteiger charge is -2.41. The molecule has 3 aliphatic rings. The lowest BCUT2D eigenvalue weighted by molar-refractivity contribution is -0.0443. The summed E-state index contributed by atoms with van der Waals surface area (Å²) in [5.74, 6) is 1.43. The van der Waals surface area contributed by atoms with E-state index >= 15 is 0 Å². The van der Waals surface area contributed by atoms with Gasteiger partial charge in [-0.3, -0.25) is 4.31 Å². The maximum Gasteiger partial charge on any atom is 0.238 e. The van der Waals surface area contributed by atoms with Crippen molar-refractivity contribution in [2.75, 3.05) is 24.1 Å². The first-order valence-corrected chi connectivity index (χ1v) is 13.5. The molecule has 3 unspecified atom stereocenters. The Balaban J connectivity index is 1.54. The van der Waals surface area contributed by atoms with Gasteiger partial charge in [0.2, 0.25) is 10.0 Å². The SMILES string of the molecule is Cc1ccc(N(CC(C)C)S(=O)(=O)C2CCC3=C(C2)C(O)CC(C2CCOCC2)O3)cc1. The molecule has 1 saturated heterocycles. The van der Waals surface area contributed by atoms with E-state index in [0.717, 1.165) is 43.0 Å². The predicted molar refractivity (Wildman–Crippen MR) is 126 cm³/mol. The minimum absolute atomic E-state index is 0.00537. The highest BCUT2D eigenvalue weighted by Gasteiger charge is 2.42. The number of aliphatic hydroxyl groups is 1. The first-order chi connectivity index (χ1) is 15.3.